The second-order valence-corrected chi connectivity index (χ2v) is 16.8. The molecule has 3 aromatic rings. The number of carbonyl (C=O) groups is 4. The Morgan fingerprint density at radius 3 is 2.18 bits per heavy atom. The summed E-state index contributed by atoms with van der Waals surface area (Å²) in [6.45, 7) is 14.3. The second-order valence-electron chi connectivity index (χ2n) is 16.8. The SMILES string of the molecule is COCCOCC(C)(C)COCC(C)(C)COCCC(=O)NCCC(=O)N1Cc2ccccc2-c2nnn(CCOC(=O)NCCCCC(NN)C(C)=O)c2-c2ccccc21. The fraction of sp³-hybridized carbons (Fsp3) is 0.591. The number of nitrogens with one attached hydrogen (secondary N) is 3. The van der Waals surface area contributed by atoms with Gasteiger partial charge in [-0.1, -0.05) is 75.4 Å². The Bertz CT molecular complexity index is 1870. The third-order valence-corrected chi connectivity index (χ3v) is 10.0. The van der Waals surface area contributed by atoms with E-state index in [9.17, 15) is 19.2 Å². The number of ketones is 1. The van der Waals surface area contributed by atoms with E-state index in [0.717, 1.165) is 16.7 Å². The summed E-state index contributed by atoms with van der Waals surface area (Å²) in [6.07, 6.45) is 1.62. The van der Waals surface area contributed by atoms with E-state index in [0.29, 0.717) is 89.1 Å². The molecule has 0 saturated heterocycles. The molecule has 0 fully saturated rings. The largest absolute Gasteiger partial charge is 0.448 e. The molecule has 1 aliphatic heterocycles. The summed E-state index contributed by atoms with van der Waals surface area (Å²) in [6, 6.07) is 14.9. The number of alkyl carbamates (subject to hydrolysis) is 1. The van der Waals surface area contributed by atoms with Crippen LogP contribution in [0.25, 0.3) is 22.5 Å². The number of hydrazine groups is 1. The Kier molecular flexibility index (Phi) is 19.7. The van der Waals surface area contributed by atoms with Crippen LogP contribution in [0.2, 0.25) is 0 Å². The maximum atomic E-state index is 14.0. The average molecular weight is 851 g/mol. The fourth-order valence-electron chi connectivity index (χ4n) is 6.76. The molecule has 17 heteroatoms. The number of nitrogens with zero attached hydrogens (tertiary/aromatic N) is 4. The predicted octanol–water partition coefficient (Wildman–Crippen LogP) is 4.42. The van der Waals surface area contributed by atoms with Crippen LogP contribution in [-0.4, -0.2) is 118 Å². The van der Waals surface area contributed by atoms with Crippen LogP contribution in [0.4, 0.5) is 10.5 Å². The Morgan fingerprint density at radius 1 is 0.803 bits per heavy atom. The van der Waals surface area contributed by atoms with E-state index in [4.69, 9.17) is 29.5 Å². The summed E-state index contributed by atoms with van der Waals surface area (Å²) >= 11 is 0. The summed E-state index contributed by atoms with van der Waals surface area (Å²) in [7, 11) is 1.65. The van der Waals surface area contributed by atoms with Crippen molar-refractivity contribution >= 4 is 29.4 Å². The lowest BCUT2D eigenvalue weighted by Crippen LogP contribution is -2.40. The minimum absolute atomic E-state index is 0.0273. The first-order valence-corrected chi connectivity index (χ1v) is 21.0. The number of anilines is 1. The van der Waals surface area contributed by atoms with Gasteiger partial charge in [-0.3, -0.25) is 20.2 Å². The zero-order valence-corrected chi connectivity index (χ0v) is 36.8. The number of amides is 3. The molecule has 0 spiro atoms. The molecule has 5 N–H and O–H groups in total. The normalized spacial score (nSPS) is 13.0. The van der Waals surface area contributed by atoms with Crippen molar-refractivity contribution in [3.8, 4) is 22.5 Å². The maximum Gasteiger partial charge on any atom is 0.407 e. The number of hydrogen-bond donors (Lipinski definition) is 4. The third kappa shape index (κ3) is 15.9. The summed E-state index contributed by atoms with van der Waals surface area (Å²) < 4.78 is 29.7. The number of hydrogen-bond acceptors (Lipinski definition) is 13. The molecule has 1 aliphatic rings. The molecule has 1 unspecified atom stereocenters. The van der Waals surface area contributed by atoms with Gasteiger partial charge in [-0.15, -0.1) is 5.10 Å². The standard InChI is InChI=1S/C44H66N8O9/c1-32(53)36(48-45)16-11-12-20-47-42(56)61-24-22-52-41-35-15-9-10-17-37(35)51(27-33-13-7-8-14-34(33)40(41)49-50-52)39(55)18-21-46-38(54)19-23-58-28-43(2,3)30-60-31-44(4,5)29-59-26-25-57-6/h7-10,13-15,17,36,48H,11-12,16,18-31,45H2,1-6H3,(H,46,54)(H,47,56). The van der Waals surface area contributed by atoms with Crippen LogP contribution in [0.5, 0.6) is 0 Å². The number of unbranched alkanes of at least 4 members (excludes halogenated alkanes) is 1. The smallest absolute Gasteiger partial charge is 0.407 e. The van der Waals surface area contributed by atoms with Crippen molar-refractivity contribution in [2.24, 2.45) is 16.7 Å². The lowest BCUT2D eigenvalue weighted by molar-refractivity contribution is -0.123. The molecule has 336 valence electrons. The van der Waals surface area contributed by atoms with Crippen LogP contribution in [0.3, 0.4) is 0 Å². The van der Waals surface area contributed by atoms with Gasteiger partial charge >= 0.3 is 6.09 Å². The number of Topliss-reactive ketones (excluding diaryl/α,β-unsaturated/α-hetero) is 1. The van der Waals surface area contributed by atoms with Gasteiger partial charge in [-0.2, -0.15) is 0 Å². The van der Waals surface area contributed by atoms with Gasteiger partial charge in [0.1, 0.15) is 18.1 Å². The summed E-state index contributed by atoms with van der Waals surface area (Å²) in [5.41, 5.74) is 6.61. The van der Waals surface area contributed by atoms with Crippen LogP contribution in [0.1, 0.15) is 72.3 Å². The van der Waals surface area contributed by atoms with Crippen molar-refractivity contribution in [1.82, 2.24) is 31.1 Å². The van der Waals surface area contributed by atoms with Gasteiger partial charge in [0, 0.05) is 55.0 Å². The zero-order valence-electron chi connectivity index (χ0n) is 36.8. The number of rotatable bonds is 27. The zero-order chi connectivity index (χ0) is 44.3. The topological polar surface area (TPSA) is 210 Å². The van der Waals surface area contributed by atoms with E-state index >= 15 is 0 Å². The second kappa shape index (κ2) is 24.6. The predicted molar refractivity (Wildman–Crippen MR) is 231 cm³/mol. The lowest BCUT2D eigenvalue weighted by atomic mass is 9.94. The van der Waals surface area contributed by atoms with Gasteiger partial charge in [-0.25, -0.2) is 14.9 Å². The first-order chi connectivity index (χ1) is 29.2. The molecule has 2 aromatic carbocycles. The lowest BCUT2D eigenvalue weighted by Gasteiger charge is -2.29. The summed E-state index contributed by atoms with van der Waals surface area (Å²) in [5.74, 6) is 5.03. The van der Waals surface area contributed by atoms with Crippen LogP contribution < -0.4 is 26.8 Å². The Hall–Kier alpha value is -4.78. The van der Waals surface area contributed by atoms with E-state index < -0.39 is 12.1 Å². The van der Waals surface area contributed by atoms with Crippen molar-refractivity contribution in [2.45, 2.75) is 85.9 Å². The van der Waals surface area contributed by atoms with Crippen LogP contribution in [0.15, 0.2) is 48.5 Å². The quantitative estimate of drug-likeness (QED) is 0.0476. The van der Waals surface area contributed by atoms with Crippen LogP contribution in [-0.2, 0) is 51.2 Å². The van der Waals surface area contributed by atoms with E-state index in [1.165, 1.54) is 6.92 Å². The summed E-state index contributed by atoms with van der Waals surface area (Å²) in [5, 5.41) is 14.6. The van der Waals surface area contributed by atoms with Gasteiger partial charge in [0.15, 0.2) is 0 Å². The van der Waals surface area contributed by atoms with E-state index in [2.05, 4.69) is 54.1 Å². The van der Waals surface area contributed by atoms with Crippen molar-refractivity contribution < 1.29 is 42.9 Å². The molecule has 1 aromatic heterocycles. The molecule has 2 heterocycles. The Labute approximate surface area is 359 Å². The van der Waals surface area contributed by atoms with E-state index in [1.807, 2.05) is 48.5 Å². The molecule has 0 bridgehead atoms. The Balaban J connectivity index is 1.28. The van der Waals surface area contributed by atoms with E-state index in [1.54, 1.807) is 16.7 Å². The van der Waals surface area contributed by atoms with E-state index in [-0.39, 0.29) is 67.6 Å². The van der Waals surface area contributed by atoms with Crippen molar-refractivity contribution in [3.05, 3.63) is 54.1 Å². The van der Waals surface area contributed by atoms with Gasteiger partial charge < -0.3 is 39.2 Å². The highest BCUT2D eigenvalue weighted by Crippen LogP contribution is 2.41. The molecule has 0 aliphatic carbocycles. The molecule has 0 radical (unpaired) electrons. The molecule has 1 atom stereocenters. The molecule has 3 amide bonds. The number of carbonyl (C=O) groups excluding carboxylic acids is 4. The third-order valence-electron chi connectivity index (χ3n) is 10.0. The average Bonchev–Trinajstić information content (AvgIpc) is 3.63. The van der Waals surface area contributed by atoms with Crippen molar-refractivity contribution in [3.63, 3.8) is 0 Å². The van der Waals surface area contributed by atoms with Gasteiger partial charge in [0.25, 0.3) is 0 Å². The van der Waals surface area contributed by atoms with Gasteiger partial charge in [0.05, 0.1) is 76.8 Å². The number of fused-ring (bicyclic) bond motifs is 5. The Morgan fingerprint density at radius 2 is 1.48 bits per heavy atom. The molecule has 17 nitrogen and oxygen atoms in total. The molecular weight excluding hydrogens is 785 g/mol. The monoisotopic (exact) mass is 850 g/mol. The minimum Gasteiger partial charge on any atom is -0.448 e. The highest BCUT2D eigenvalue weighted by Gasteiger charge is 2.29. The number of ether oxygens (including phenoxy) is 5. The van der Waals surface area contributed by atoms with Gasteiger partial charge in [0.2, 0.25) is 11.8 Å². The minimum atomic E-state index is -0.563. The van der Waals surface area contributed by atoms with Crippen LogP contribution >= 0.6 is 0 Å². The van der Waals surface area contributed by atoms with Gasteiger partial charge in [-0.05, 0) is 37.8 Å². The fourth-order valence-corrected chi connectivity index (χ4v) is 6.76. The van der Waals surface area contributed by atoms with Crippen molar-refractivity contribution in [2.75, 3.05) is 78.0 Å². The number of nitrogens with two attached hydrogens (primary N) is 1. The van der Waals surface area contributed by atoms with Crippen LogP contribution in [0, 0.1) is 10.8 Å². The number of aromatic nitrogens is 3. The summed E-state index contributed by atoms with van der Waals surface area (Å²) in [4.78, 5) is 52.5. The molecule has 0 saturated carbocycles. The molecule has 4 rings (SSSR count). The maximum absolute atomic E-state index is 14.0. The first kappa shape index (κ1) is 48.9. The first-order valence-electron chi connectivity index (χ1n) is 21.0. The highest BCUT2D eigenvalue weighted by atomic mass is 16.5. The number of methoxy groups -OCH3 is 1. The molecule has 61 heavy (non-hydrogen) atoms. The number of para-hydroxylation sites is 1. The number of benzene rings is 2. The molecular formula is C44H66N8O9. The highest BCUT2D eigenvalue weighted by molar-refractivity contribution is 6.00. The van der Waals surface area contributed by atoms with Crippen molar-refractivity contribution in [1.29, 1.82) is 0 Å².